The van der Waals surface area contributed by atoms with Crippen molar-refractivity contribution in [2.24, 2.45) is 11.8 Å². The summed E-state index contributed by atoms with van der Waals surface area (Å²) < 4.78 is 0. The van der Waals surface area contributed by atoms with E-state index in [9.17, 15) is 9.90 Å². The molecule has 1 N–H and O–H groups in total. The first-order valence-corrected chi connectivity index (χ1v) is 8.17. The van der Waals surface area contributed by atoms with Crippen LogP contribution in [0.5, 0.6) is 0 Å². The molecule has 2 fully saturated rings. The van der Waals surface area contributed by atoms with E-state index in [0.29, 0.717) is 11.8 Å². The molecule has 1 aromatic carbocycles. The lowest BCUT2D eigenvalue weighted by molar-refractivity contribution is -0.146. The zero-order valence-corrected chi connectivity index (χ0v) is 12.7. The summed E-state index contributed by atoms with van der Waals surface area (Å²) in [6.07, 6.45) is 4.09. The molecule has 0 bridgehead atoms. The number of carbonyl (C=O) groups is 1. The van der Waals surface area contributed by atoms with Crippen LogP contribution in [0, 0.1) is 11.8 Å². The molecule has 2 aliphatic rings. The number of hydrogen-bond donors (Lipinski definition) is 1. The van der Waals surface area contributed by atoms with Crippen LogP contribution in [0.2, 0.25) is 0 Å². The molecule has 1 heterocycles. The van der Waals surface area contributed by atoms with E-state index in [-0.39, 0.29) is 12.0 Å². The lowest BCUT2D eigenvalue weighted by Gasteiger charge is -2.38. The van der Waals surface area contributed by atoms with Gasteiger partial charge in [0.15, 0.2) is 0 Å². The highest BCUT2D eigenvalue weighted by Crippen LogP contribution is 2.37. The van der Waals surface area contributed by atoms with Gasteiger partial charge in [-0.15, -0.1) is 0 Å². The molecule has 0 spiro atoms. The van der Waals surface area contributed by atoms with E-state index in [1.165, 1.54) is 5.56 Å². The van der Waals surface area contributed by atoms with Crippen LogP contribution in [-0.2, 0) is 4.79 Å². The van der Waals surface area contributed by atoms with E-state index < -0.39 is 5.97 Å². The minimum absolute atomic E-state index is 0.171. The third kappa shape index (κ3) is 3.13. The second-order valence-electron chi connectivity index (χ2n) is 6.82. The maximum atomic E-state index is 11.6. The van der Waals surface area contributed by atoms with Crippen LogP contribution in [0.25, 0.3) is 0 Å². The number of likely N-dealkylation sites (tertiary alicyclic amines) is 1. The van der Waals surface area contributed by atoms with Crippen LogP contribution in [0.4, 0.5) is 0 Å². The molecule has 0 aromatic heterocycles. The number of hydrogen-bond acceptors (Lipinski definition) is 2. The zero-order valence-electron chi connectivity index (χ0n) is 12.7. The van der Waals surface area contributed by atoms with Crippen molar-refractivity contribution in [1.29, 1.82) is 0 Å². The van der Waals surface area contributed by atoms with Crippen molar-refractivity contribution >= 4 is 5.97 Å². The summed E-state index contributed by atoms with van der Waals surface area (Å²) in [4.78, 5) is 14.0. The van der Waals surface area contributed by atoms with Crippen LogP contribution >= 0.6 is 0 Å². The Morgan fingerprint density at radius 3 is 2.67 bits per heavy atom. The van der Waals surface area contributed by atoms with Crippen molar-refractivity contribution in [3.05, 3.63) is 35.9 Å². The van der Waals surface area contributed by atoms with Gasteiger partial charge >= 0.3 is 5.97 Å². The SMILES string of the molecule is CC1CCC(C(=O)O)C(N2CCC(c3ccccc3)C2)C1. The Labute approximate surface area is 127 Å². The Morgan fingerprint density at radius 2 is 1.95 bits per heavy atom. The van der Waals surface area contributed by atoms with Crippen LogP contribution in [0.15, 0.2) is 30.3 Å². The molecule has 3 heteroatoms. The van der Waals surface area contributed by atoms with E-state index in [1.807, 2.05) is 0 Å². The summed E-state index contributed by atoms with van der Waals surface area (Å²) in [5.41, 5.74) is 1.40. The fourth-order valence-corrected chi connectivity index (χ4v) is 4.13. The van der Waals surface area contributed by atoms with Gasteiger partial charge in [-0.05, 0) is 49.6 Å². The highest BCUT2D eigenvalue weighted by atomic mass is 16.4. The average molecular weight is 287 g/mol. The Kier molecular flexibility index (Phi) is 4.29. The second kappa shape index (κ2) is 6.18. The van der Waals surface area contributed by atoms with Crippen LogP contribution in [0.3, 0.4) is 0 Å². The number of benzene rings is 1. The fraction of sp³-hybridized carbons (Fsp3) is 0.611. The van der Waals surface area contributed by atoms with Gasteiger partial charge in [-0.3, -0.25) is 9.69 Å². The van der Waals surface area contributed by atoms with Gasteiger partial charge < -0.3 is 5.11 Å². The highest BCUT2D eigenvalue weighted by Gasteiger charge is 2.39. The van der Waals surface area contributed by atoms with Crippen molar-refractivity contribution < 1.29 is 9.90 Å². The van der Waals surface area contributed by atoms with E-state index in [0.717, 1.165) is 38.8 Å². The molecule has 1 aliphatic carbocycles. The van der Waals surface area contributed by atoms with Gasteiger partial charge in [0.1, 0.15) is 0 Å². The quantitative estimate of drug-likeness (QED) is 0.926. The van der Waals surface area contributed by atoms with E-state index in [4.69, 9.17) is 0 Å². The first-order chi connectivity index (χ1) is 10.1. The van der Waals surface area contributed by atoms with Crippen LogP contribution in [-0.4, -0.2) is 35.1 Å². The predicted octanol–water partition coefficient (Wildman–Crippen LogP) is 3.37. The van der Waals surface area contributed by atoms with E-state index >= 15 is 0 Å². The normalized spacial score (nSPS) is 34.0. The second-order valence-corrected chi connectivity index (χ2v) is 6.82. The fourth-order valence-electron chi connectivity index (χ4n) is 4.13. The molecule has 21 heavy (non-hydrogen) atoms. The number of carboxylic acid groups (broad SMARTS) is 1. The lowest BCUT2D eigenvalue weighted by atomic mass is 9.78. The first kappa shape index (κ1) is 14.6. The summed E-state index contributed by atoms with van der Waals surface area (Å²) in [5, 5.41) is 9.51. The minimum Gasteiger partial charge on any atom is -0.481 e. The standard InChI is InChI=1S/C18H25NO2/c1-13-7-8-16(18(20)21)17(11-13)19-10-9-15(12-19)14-5-3-2-4-6-14/h2-6,13,15-17H,7-12H2,1H3,(H,20,21). The summed E-state index contributed by atoms with van der Waals surface area (Å²) in [7, 11) is 0. The number of rotatable bonds is 3. The molecular weight excluding hydrogens is 262 g/mol. The van der Waals surface area contributed by atoms with E-state index in [1.54, 1.807) is 0 Å². The molecular formula is C18H25NO2. The van der Waals surface area contributed by atoms with Gasteiger partial charge in [-0.1, -0.05) is 37.3 Å². The summed E-state index contributed by atoms with van der Waals surface area (Å²) in [6, 6.07) is 10.9. The van der Waals surface area contributed by atoms with Gasteiger partial charge in [-0.2, -0.15) is 0 Å². The van der Waals surface area contributed by atoms with Gasteiger partial charge in [0, 0.05) is 12.6 Å². The largest absolute Gasteiger partial charge is 0.481 e. The zero-order chi connectivity index (χ0) is 14.8. The molecule has 3 rings (SSSR count). The smallest absolute Gasteiger partial charge is 0.308 e. The Bertz CT molecular complexity index is 487. The van der Waals surface area contributed by atoms with Crippen molar-refractivity contribution in [3.8, 4) is 0 Å². The Morgan fingerprint density at radius 1 is 1.19 bits per heavy atom. The average Bonchev–Trinajstić information content (AvgIpc) is 2.97. The van der Waals surface area contributed by atoms with E-state index in [2.05, 4.69) is 42.2 Å². The molecule has 1 saturated heterocycles. The monoisotopic (exact) mass is 287 g/mol. The minimum atomic E-state index is -0.602. The molecule has 1 saturated carbocycles. The molecule has 1 aromatic rings. The molecule has 1 aliphatic heterocycles. The third-order valence-corrected chi connectivity index (χ3v) is 5.36. The number of nitrogens with zero attached hydrogens (tertiary/aromatic N) is 1. The maximum absolute atomic E-state index is 11.6. The van der Waals surface area contributed by atoms with Gasteiger partial charge in [0.05, 0.1) is 5.92 Å². The van der Waals surface area contributed by atoms with Gasteiger partial charge in [-0.25, -0.2) is 0 Å². The number of aliphatic carboxylic acids is 1. The molecule has 4 atom stereocenters. The van der Waals surface area contributed by atoms with Crippen molar-refractivity contribution in [3.63, 3.8) is 0 Å². The molecule has 3 nitrogen and oxygen atoms in total. The summed E-state index contributed by atoms with van der Waals surface area (Å²) in [5.74, 6) is 0.449. The topological polar surface area (TPSA) is 40.5 Å². The molecule has 4 unspecified atom stereocenters. The van der Waals surface area contributed by atoms with Gasteiger partial charge in [0.2, 0.25) is 0 Å². The van der Waals surface area contributed by atoms with Crippen LogP contribution in [0.1, 0.15) is 44.1 Å². The molecule has 0 radical (unpaired) electrons. The van der Waals surface area contributed by atoms with Crippen LogP contribution < -0.4 is 0 Å². The molecule has 114 valence electrons. The van der Waals surface area contributed by atoms with Gasteiger partial charge in [0.25, 0.3) is 0 Å². The maximum Gasteiger partial charge on any atom is 0.308 e. The highest BCUT2D eigenvalue weighted by molar-refractivity contribution is 5.71. The Hall–Kier alpha value is -1.35. The Balaban J connectivity index is 1.70. The number of carboxylic acids is 1. The van der Waals surface area contributed by atoms with Crippen molar-refractivity contribution in [1.82, 2.24) is 4.90 Å². The van der Waals surface area contributed by atoms with Crippen molar-refractivity contribution in [2.45, 2.75) is 44.6 Å². The summed E-state index contributed by atoms with van der Waals surface area (Å²) in [6.45, 7) is 4.32. The predicted molar refractivity (Wildman–Crippen MR) is 83.3 cm³/mol. The third-order valence-electron chi connectivity index (χ3n) is 5.36. The lowest BCUT2D eigenvalue weighted by Crippen LogP contribution is -2.45. The first-order valence-electron chi connectivity index (χ1n) is 8.17. The molecule has 0 amide bonds. The summed E-state index contributed by atoms with van der Waals surface area (Å²) >= 11 is 0. The van der Waals surface area contributed by atoms with Crippen molar-refractivity contribution in [2.75, 3.05) is 13.1 Å².